The summed E-state index contributed by atoms with van der Waals surface area (Å²) >= 11 is 3.63. The molecule has 0 N–H and O–H groups in total. The first-order chi connectivity index (χ1) is 10.3. The summed E-state index contributed by atoms with van der Waals surface area (Å²) in [6, 6.07) is 15.2. The van der Waals surface area contributed by atoms with Crippen LogP contribution in [0.15, 0.2) is 48.7 Å². The van der Waals surface area contributed by atoms with Gasteiger partial charge in [-0.3, -0.25) is 0 Å². The summed E-state index contributed by atoms with van der Waals surface area (Å²) in [6.07, 6.45) is 3.15. The van der Waals surface area contributed by atoms with Gasteiger partial charge in [0.05, 0.1) is 5.69 Å². The minimum Gasteiger partial charge on any atom is -0.321 e. The summed E-state index contributed by atoms with van der Waals surface area (Å²) in [5.41, 5.74) is 4.89. The van der Waals surface area contributed by atoms with Crippen LogP contribution < -0.4 is 4.90 Å². The maximum absolute atomic E-state index is 4.87. The quantitative estimate of drug-likeness (QED) is 0.647. The number of halogens is 1. The van der Waals surface area contributed by atoms with E-state index in [0.29, 0.717) is 6.04 Å². The number of pyridine rings is 1. The third-order valence-corrected chi connectivity index (χ3v) is 4.70. The first kappa shape index (κ1) is 12.9. The molecule has 0 amide bonds. The first-order valence-electron chi connectivity index (χ1n) is 7.18. The summed E-state index contributed by atoms with van der Waals surface area (Å²) in [5, 5.41) is 0.791. The average Bonchev–Trinajstić information content (AvgIpc) is 3.02. The Morgan fingerprint density at radius 2 is 2.00 bits per heavy atom. The zero-order valence-corrected chi connectivity index (χ0v) is 13.4. The molecule has 0 saturated carbocycles. The summed E-state index contributed by atoms with van der Waals surface area (Å²) in [5.74, 6) is 1.07. The lowest BCUT2D eigenvalue weighted by Crippen LogP contribution is -2.25. The van der Waals surface area contributed by atoms with E-state index in [9.17, 15) is 0 Å². The second kappa shape index (κ2) is 4.88. The molecule has 4 rings (SSSR count). The SMILES string of the molecule is CC1Cc2ccccc2N1c1nc2ccccn2c1CBr. The molecule has 21 heavy (non-hydrogen) atoms. The van der Waals surface area contributed by atoms with Gasteiger partial charge in [0.15, 0.2) is 5.82 Å². The number of fused-ring (bicyclic) bond motifs is 2. The van der Waals surface area contributed by atoms with Gasteiger partial charge < -0.3 is 9.30 Å². The second-order valence-electron chi connectivity index (χ2n) is 5.50. The molecule has 4 heteroatoms. The maximum Gasteiger partial charge on any atom is 0.156 e. The van der Waals surface area contributed by atoms with Crippen LogP contribution in [0.3, 0.4) is 0 Å². The number of hydrogen-bond acceptors (Lipinski definition) is 2. The lowest BCUT2D eigenvalue weighted by Gasteiger charge is -2.23. The molecule has 0 aliphatic carbocycles. The summed E-state index contributed by atoms with van der Waals surface area (Å²) in [7, 11) is 0. The molecule has 0 radical (unpaired) electrons. The van der Waals surface area contributed by atoms with Gasteiger partial charge >= 0.3 is 0 Å². The highest BCUT2D eigenvalue weighted by Crippen LogP contribution is 2.39. The van der Waals surface area contributed by atoms with E-state index in [2.05, 4.69) is 68.7 Å². The Balaban J connectivity index is 1.94. The van der Waals surface area contributed by atoms with Crippen LogP contribution >= 0.6 is 15.9 Å². The van der Waals surface area contributed by atoms with Crippen LogP contribution in [0.2, 0.25) is 0 Å². The van der Waals surface area contributed by atoms with Gasteiger partial charge in [0.2, 0.25) is 0 Å². The molecule has 106 valence electrons. The van der Waals surface area contributed by atoms with Gasteiger partial charge in [-0.2, -0.15) is 0 Å². The number of hydrogen-bond donors (Lipinski definition) is 0. The van der Waals surface area contributed by atoms with E-state index in [0.717, 1.165) is 23.2 Å². The maximum atomic E-state index is 4.87. The summed E-state index contributed by atoms with van der Waals surface area (Å²) in [4.78, 5) is 7.25. The lowest BCUT2D eigenvalue weighted by atomic mass is 10.1. The Morgan fingerprint density at radius 3 is 2.86 bits per heavy atom. The molecule has 0 saturated heterocycles. The lowest BCUT2D eigenvalue weighted by molar-refractivity contribution is 0.750. The van der Waals surface area contributed by atoms with E-state index in [1.54, 1.807) is 0 Å². The van der Waals surface area contributed by atoms with E-state index >= 15 is 0 Å². The van der Waals surface area contributed by atoms with Gasteiger partial charge in [-0.15, -0.1) is 0 Å². The van der Waals surface area contributed by atoms with Crippen molar-refractivity contribution in [2.45, 2.75) is 24.7 Å². The first-order valence-corrected chi connectivity index (χ1v) is 8.31. The fraction of sp³-hybridized carbons (Fsp3) is 0.235. The Kier molecular flexibility index (Phi) is 3.00. The minimum absolute atomic E-state index is 0.435. The van der Waals surface area contributed by atoms with E-state index < -0.39 is 0 Å². The Morgan fingerprint density at radius 1 is 1.19 bits per heavy atom. The van der Waals surface area contributed by atoms with Crippen LogP contribution in [0, 0.1) is 0 Å². The zero-order chi connectivity index (χ0) is 14.4. The number of nitrogens with zero attached hydrogens (tertiary/aromatic N) is 3. The second-order valence-corrected chi connectivity index (χ2v) is 6.06. The van der Waals surface area contributed by atoms with E-state index in [-0.39, 0.29) is 0 Å². The molecule has 3 nitrogen and oxygen atoms in total. The van der Waals surface area contributed by atoms with Crippen molar-refractivity contribution in [2.75, 3.05) is 4.90 Å². The van der Waals surface area contributed by atoms with Gasteiger partial charge in [-0.1, -0.05) is 40.2 Å². The smallest absolute Gasteiger partial charge is 0.156 e. The predicted molar refractivity (Wildman–Crippen MR) is 89.6 cm³/mol. The van der Waals surface area contributed by atoms with Crippen molar-refractivity contribution in [3.05, 3.63) is 59.9 Å². The molecule has 2 aromatic heterocycles. The van der Waals surface area contributed by atoms with Crippen LogP contribution in [-0.2, 0) is 11.8 Å². The molecule has 0 fully saturated rings. The van der Waals surface area contributed by atoms with Crippen molar-refractivity contribution in [1.29, 1.82) is 0 Å². The molecule has 3 heterocycles. The average molecular weight is 342 g/mol. The molecule has 1 atom stereocenters. The number of anilines is 2. The third-order valence-electron chi connectivity index (χ3n) is 4.17. The van der Waals surface area contributed by atoms with Crippen LogP contribution in [0.25, 0.3) is 5.65 Å². The topological polar surface area (TPSA) is 20.5 Å². The molecular weight excluding hydrogens is 326 g/mol. The van der Waals surface area contributed by atoms with E-state index in [1.807, 2.05) is 12.1 Å². The van der Waals surface area contributed by atoms with Crippen molar-refractivity contribution >= 4 is 33.1 Å². The summed E-state index contributed by atoms with van der Waals surface area (Å²) in [6.45, 7) is 2.27. The van der Waals surface area contributed by atoms with Crippen LogP contribution in [0.1, 0.15) is 18.2 Å². The Labute approximate surface area is 132 Å². The molecule has 3 aromatic rings. The van der Waals surface area contributed by atoms with Crippen molar-refractivity contribution in [3.63, 3.8) is 0 Å². The number of para-hydroxylation sites is 1. The minimum atomic E-state index is 0.435. The fourth-order valence-electron chi connectivity index (χ4n) is 3.24. The van der Waals surface area contributed by atoms with Crippen molar-refractivity contribution in [1.82, 2.24) is 9.38 Å². The van der Waals surface area contributed by atoms with Crippen LogP contribution in [0.4, 0.5) is 11.5 Å². The third kappa shape index (κ3) is 1.89. The molecule has 1 unspecified atom stereocenters. The van der Waals surface area contributed by atoms with Crippen LogP contribution in [-0.4, -0.2) is 15.4 Å². The Bertz CT molecular complexity index is 809. The van der Waals surface area contributed by atoms with Crippen LogP contribution in [0.5, 0.6) is 0 Å². The number of imidazole rings is 1. The largest absolute Gasteiger partial charge is 0.321 e. The normalized spacial score (nSPS) is 17.4. The number of alkyl halides is 1. The van der Waals surface area contributed by atoms with Gasteiger partial charge in [-0.05, 0) is 37.1 Å². The molecule has 0 spiro atoms. The number of rotatable bonds is 2. The predicted octanol–water partition coefficient (Wildman–Crippen LogP) is 4.31. The number of benzene rings is 1. The standard InChI is InChI=1S/C17H16BrN3/c1-12-10-13-6-2-3-7-14(13)21(12)17-15(11-18)20-9-5-4-8-16(20)19-17/h2-9,12H,10-11H2,1H3. The zero-order valence-electron chi connectivity index (χ0n) is 11.8. The van der Waals surface area contributed by atoms with Gasteiger partial charge in [0.25, 0.3) is 0 Å². The number of aromatic nitrogens is 2. The molecule has 1 aliphatic rings. The van der Waals surface area contributed by atoms with Crippen molar-refractivity contribution in [3.8, 4) is 0 Å². The van der Waals surface area contributed by atoms with Crippen molar-refractivity contribution < 1.29 is 0 Å². The highest BCUT2D eigenvalue weighted by Gasteiger charge is 2.30. The van der Waals surface area contributed by atoms with Crippen molar-refractivity contribution in [2.24, 2.45) is 0 Å². The molecular formula is C17H16BrN3. The highest BCUT2D eigenvalue weighted by atomic mass is 79.9. The van der Waals surface area contributed by atoms with E-state index in [4.69, 9.17) is 4.98 Å². The van der Waals surface area contributed by atoms with E-state index in [1.165, 1.54) is 16.9 Å². The van der Waals surface area contributed by atoms with Gasteiger partial charge in [0.1, 0.15) is 5.65 Å². The molecule has 1 aliphatic heterocycles. The molecule has 1 aromatic carbocycles. The molecule has 0 bridgehead atoms. The monoisotopic (exact) mass is 341 g/mol. The fourth-order valence-corrected chi connectivity index (χ4v) is 3.76. The summed E-state index contributed by atoms with van der Waals surface area (Å²) < 4.78 is 2.16. The van der Waals surface area contributed by atoms with Gasteiger partial charge in [-0.25, -0.2) is 4.98 Å². The Hall–Kier alpha value is -1.81. The van der Waals surface area contributed by atoms with Gasteiger partial charge in [0, 0.05) is 23.3 Å². The highest BCUT2D eigenvalue weighted by molar-refractivity contribution is 9.08.